The predicted octanol–water partition coefficient (Wildman–Crippen LogP) is 2.72. The number of nitrogens with two attached hydrogens (primary N) is 1. The van der Waals surface area contributed by atoms with E-state index in [4.69, 9.17) is 10.5 Å². The molecule has 0 saturated carbocycles. The van der Waals surface area contributed by atoms with E-state index in [2.05, 4.69) is 25.9 Å². The molecule has 2 aromatic rings. The number of rotatable bonds is 4. The average molecular weight is 352 g/mol. The van der Waals surface area contributed by atoms with Gasteiger partial charge in [0.2, 0.25) is 5.95 Å². The van der Waals surface area contributed by atoms with Gasteiger partial charge in [0.15, 0.2) is 0 Å². The quantitative estimate of drug-likeness (QED) is 0.878. The highest BCUT2D eigenvalue weighted by Gasteiger charge is 2.18. The van der Waals surface area contributed by atoms with Crippen molar-refractivity contribution in [1.29, 1.82) is 0 Å². The number of aromatic nitrogens is 2. The van der Waals surface area contributed by atoms with Gasteiger partial charge in [0.1, 0.15) is 17.9 Å². The number of carboxylic acid groups (broad SMARTS) is 1. The van der Waals surface area contributed by atoms with Gasteiger partial charge in [0.05, 0.1) is 11.4 Å². The van der Waals surface area contributed by atoms with E-state index in [1.807, 2.05) is 19.1 Å². The number of anilines is 1. The first kappa shape index (κ1) is 15.2. The third-order valence-corrected chi connectivity index (χ3v) is 3.39. The smallest absolute Gasteiger partial charge is 0.339 e. The van der Waals surface area contributed by atoms with E-state index in [9.17, 15) is 9.90 Å². The second kappa shape index (κ2) is 6.09. The highest BCUT2D eigenvalue weighted by molar-refractivity contribution is 9.10. The van der Waals surface area contributed by atoms with Crippen molar-refractivity contribution in [1.82, 2.24) is 9.97 Å². The van der Waals surface area contributed by atoms with Crippen molar-refractivity contribution in [3.05, 3.63) is 45.2 Å². The molecular formula is C14H14BrN3O3. The molecule has 3 N–H and O–H groups in total. The van der Waals surface area contributed by atoms with Crippen molar-refractivity contribution < 1.29 is 14.6 Å². The van der Waals surface area contributed by atoms with Gasteiger partial charge in [-0.15, -0.1) is 0 Å². The Morgan fingerprint density at radius 1 is 1.38 bits per heavy atom. The van der Waals surface area contributed by atoms with E-state index in [1.54, 1.807) is 13.0 Å². The van der Waals surface area contributed by atoms with Crippen molar-refractivity contribution in [2.75, 3.05) is 5.73 Å². The maximum absolute atomic E-state index is 11.3. The van der Waals surface area contributed by atoms with E-state index in [0.717, 1.165) is 10.0 Å². The number of aromatic carboxylic acids is 1. The van der Waals surface area contributed by atoms with Gasteiger partial charge >= 0.3 is 5.97 Å². The standard InChI is InChI=1S/C14H14BrN3O3/c1-7-5-9(15)3-4-11(7)21-6-10-12(13(19)20)8(2)17-14(16)18-10/h3-5H,6H2,1-2H3,(H,19,20)(H2,16,17,18). The molecule has 7 heteroatoms. The van der Waals surface area contributed by atoms with E-state index in [0.29, 0.717) is 11.4 Å². The van der Waals surface area contributed by atoms with Crippen LogP contribution in [0.5, 0.6) is 5.75 Å². The van der Waals surface area contributed by atoms with Crippen LogP contribution in [0.4, 0.5) is 5.95 Å². The summed E-state index contributed by atoms with van der Waals surface area (Å²) in [6, 6.07) is 5.56. The zero-order valence-corrected chi connectivity index (χ0v) is 13.1. The van der Waals surface area contributed by atoms with E-state index < -0.39 is 5.97 Å². The van der Waals surface area contributed by atoms with Crippen LogP contribution in [0.25, 0.3) is 0 Å². The second-order valence-electron chi connectivity index (χ2n) is 4.49. The van der Waals surface area contributed by atoms with Crippen molar-refractivity contribution in [2.45, 2.75) is 20.5 Å². The Hall–Kier alpha value is -2.15. The minimum Gasteiger partial charge on any atom is -0.487 e. The van der Waals surface area contributed by atoms with E-state index in [-0.39, 0.29) is 23.8 Å². The summed E-state index contributed by atoms with van der Waals surface area (Å²) in [5, 5.41) is 9.24. The molecule has 0 atom stereocenters. The minimum atomic E-state index is -1.10. The van der Waals surface area contributed by atoms with Crippen LogP contribution in [0.2, 0.25) is 0 Å². The van der Waals surface area contributed by atoms with Crippen molar-refractivity contribution in [3.8, 4) is 5.75 Å². The lowest BCUT2D eigenvalue weighted by molar-refractivity contribution is 0.0691. The van der Waals surface area contributed by atoms with Crippen LogP contribution < -0.4 is 10.5 Å². The van der Waals surface area contributed by atoms with Gasteiger partial charge in [-0.25, -0.2) is 14.8 Å². The van der Waals surface area contributed by atoms with Gasteiger partial charge < -0.3 is 15.6 Å². The lowest BCUT2D eigenvalue weighted by atomic mass is 10.1. The van der Waals surface area contributed by atoms with Crippen LogP contribution in [0, 0.1) is 13.8 Å². The SMILES string of the molecule is Cc1cc(Br)ccc1OCc1nc(N)nc(C)c1C(=O)O. The lowest BCUT2D eigenvalue weighted by Gasteiger charge is -2.12. The molecule has 0 aliphatic rings. The zero-order chi connectivity index (χ0) is 15.6. The molecule has 0 aliphatic carbocycles. The van der Waals surface area contributed by atoms with Gasteiger partial charge in [-0.05, 0) is 37.6 Å². The summed E-state index contributed by atoms with van der Waals surface area (Å²) in [4.78, 5) is 19.1. The first-order valence-electron chi connectivity index (χ1n) is 6.13. The Bertz CT molecular complexity index is 704. The number of benzene rings is 1. The Balaban J connectivity index is 2.29. The molecule has 21 heavy (non-hydrogen) atoms. The third-order valence-electron chi connectivity index (χ3n) is 2.90. The number of aryl methyl sites for hydroxylation is 2. The van der Waals surface area contributed by atoms with E-state index >= 15 is 0 Å². The lowest BCUT2D eigenvalue weighted by Crippen LogP contribution is -2.14. The number of carbonyl (C=O) groups is 1. The van der Waals surface area contributed by atoms with Crippen LogP contribution in [0.15, 0.2) is 22.7 Å². The maximum Gasteiger partial charge on any atom is 0.339 e. The Morgan fingerprint density at radius 2 is 2.10 bits per heavy atom. The minimum absolute atomic E-state index is 0.0116. The Kier molecular flexibility index (Phi) is 4.42. The largest absolute Gasteiger partial charge is 0.487 e. The highest BCUT2D eigenvalue weighted by Crippen LogP contribution is 2.23. The van der Waals surface area contributed by atoms with Crippen LogP contribution >= 0.6 is 15.9 Å². The molecule has 0 radical (unpaired) electrons. The molecule has 0 spiro atoms. The van der Waals surface area contributed by atoms with Crippen molar-refractivity contribution in [3.63, 3.8) is 0 Å². The Morgan fingerprint density at radius 3 is 2.71 bits per heavy atom. The van der Waals surface area contributed by atoms with E-state index in [1.165, 1.54) is 0 Å². The normalized spacial score (nSPS) is 10.4. The molecule has 6 nitrogen and oxygen atoms in total. The molecule has 110 valence electrons. The van der Waals surface area contributed by atoms with Crippen LogP contribution in [0.1, 0.15) is 27.3 Å². The monoisotopic (exact) mass is 351 g/mol. The van der Waals surface area contributed by atoms with Gasteiger partial charge in [0, 0.05) is 4.47 Å². The first-order valence-corrected chi connectivity index (χ1v) is 6.93. The summed E-state index contributed by atoms with van der Waals surface area (Å²) in [6.07, 6.45) is 0. The molecule has 1 aromatic carbocycles. The Labute approximate surface area is 130 Å². The molecule has 0 amide bonds. The van der Waals surface area contributed by atoms with Crippen LogP contribution in [-0.2, 0) is 6.61 Å². The number of nitrogens with zero attached hydrogens (tertiary/aromatic N) is 2. The summed E-state index contributed by atoms with van der Waals surface area (Å²) < 4.78 is 6.59. The number of hydrogen-bond acceptors (Lipinski definition) is 5. The van der Waals surface area contributed by atoms with Gasteiger partial charge in [-0.1, -0.05) is 15.9 Å². The fourth-order valence-corrected chi connectivity index (χ4v) is 2.43. The fourth-order valence-electron chi connectivity index (χ4n) is 1.96. The zero-order valence-electron chi connectivity index (χ0n) is 11.6. The van der Waals surface area contributed by atoms with Crippen LogP contribution in [-0.4, -0.2) is 21.0 Å². The average Bonchev–Trinajstić information content (AvgIpc) is 2.36. The van der Waals surface area contributed by atoms with Gasteiger partial charge in [-0.2, -0.15) is 0 Å². The molecular weight excluding hydrogens is 338 g/mol. The summed E-state index contributed by atoms with van der Waals surface area (Å²) in [7, 11) is 0. The summed E-state index contributed by atoms with van der Waals surface area (Å²) in [5.74, 6) is -0.411. The molecule has 0 aliphatic heterocycles. The van der Waals surface area contributed by atoms with Crippen molar-refractivity contribution >= 4 is 27.8 Å². The summed E-state index contributed by atoms with van der Waals surface area (Å²) in [6.45, 7) is 3.49. The molecule has 2 rings (SSSR count). The van der Waals surface area contributed by atoms with Crippen LogP contribution in [0.3, 0.4) is 0 Å². The highest BCUT2D eigenvalue weighted by atomic mass is 79.9. The number of hydrogen-bond donors (Lipinski definition) is 2. The van der Waals surface area contributed by atoms with Gasteiger partial charge in [0.25, 0.3) is 0 Å². The number of nitrogen functional groups attached to an aromatic ring is 1. The fraction of sp³-hybridized carbons (Fsp3) is 0.214. The molecule has 0 unspecified atom stereocenters. The number of halogens is 1. The number of ether oxygens (including phenoxy) is 1. The predicted molar refractivity (Wildman–Crippen MR) is 81.4 cm³/mol. The maximum atomic E-state index is 11.3. The molecule has 0 fully saturated rings. The summed E-state index contributed by atoms with van der Waals surface area (Å²) in [5.41, 5.74) is 7.11. The molecule has 1 aromatic heterocycles. The second-order valence-corrected chi connectivity index (χ2v) is 5.41. The first-order chi connectivity index (χ1) is 9.88. The summed E-state index contributed by atoms with van der Waals surface area (Å²) >= 11 is 3.37. The van der Waals surface area contributed by atoms with Crippen molar-refractivity contribution in [2.24, 2.45) is 0 Å². The van der Waals surface area contributed by atoms with Gasteiger partial charge in [-0.3, -0.25) is 0 Å². The topological polar surface area (TPSA) is 98.3 Å². The molecule has 0 bridgehead atoms. The molecule has 0 saturated heterocycles. The molecule has 1 heterocycles. The third kappa shape index (κ3) is 3.49. The number of carboxylic acids is 1.